The molecule has 0 saturated carbocycles. The van der Waals surface area contributed by atoms with Crippen LogP contribution in [0.25, 0.3) is 10.9 Å². The maximum absolute atomic E-state index is 13.5. The Morgan fingerprint density at radius 3 is 2.74 bits per heavy atom. The number of anilines is 1. The van der Waals surface area contributed by atoms with Crippen molar-refractivity contribution in [2.24, 2.45) is 5.41 Å². The second kappa shape index (κ2) is 6.51. The molecule has 3 atom stereocenters. The number of amides is 4. The van der Waals surface area contributed by atoms with Gasteiger partial charge in [0.25, 0.3) is 5.91 Å². The van der Waals surface area contributed by atoms with Crippen LogP contribution in [0.3, 0.4) is 0 Å². The number of rotatable bonds is 2. The summed E-state index contributed by atoms with van der Waals surface area (Å²) in [6.07, 6.45) is 2.63. The van der Waals surface area contributed by atoms with Crippen LogP contribution in [0.1, 0.15) is 39.2 Å². The summed E-state index contributed by atoms with van der Waals surface area (Å²) in [5.74, 6) is -0.285. The van der Waals surface area contributed by atoms with Gasteiger partial charge in [-0.1, -0.05) is 20.8 Å². The molecule has 3 aliphatic heterocycles. The molecule has 8 heteroatoms. The van der Waals surface area contributed by atoms with Crippen LogP contribution in [0.15, 0.2) is 30.5 Å². The van der Waals surface area contributed by atoms with Gasteiger partial charge in [-0.3, -0.25) is 14.6 Å². The molecular formula is C23H23N5O3. The number of hydrogen-bond acceptors (Lipinski definition) is 5. The number of nitriles is 1. The Bertz CT molecular complexity index is 1180. The van der Waals surface area contributed by atoms with Crippen molar-refractivity contribution in [3.05, 3.63) is 36.0 Å². The summed E-state index contributed by atoms with van der Waals surface area (Å²) in [7, 11) is 0. The average Bonchev–Trinajstić information content (AvgIpc) is 3.38. The Labute approximate surface area is 180 Å². The monoisotopic (exact) mass is 417 g/mol. The van der Waals surface area contributed by atoms with Crippen LogP contribution in [0.5, 0.6) is 0 Å². The largest absolute Gasteiger partial charge is 0.335 e. The number of nitrogens with zero attached hydrogens (tertiary/aromatic N) is 5. The number of pyridine rings is 1. The predicted molar refractivity (Wildman–Crippen MR) is 113 cm³/mol. The summed E-state index contributed by atoms with van der Waals surface area (Å²) in [5, 5.41) is 9.96. The molecule has 0 N–H and O–H groups in total. The fourth-order valence-electron chi connectivity index (χ4n) is 5.16. The smallest absolute Gasteiger partial charge is 0.332 e. The Hall–Kier alpha value is -3.47. The Morgan fingerprint density at radius 1 is 1.26 bits per heavy atom. The number of hydrogen-bond donors (Lipinski definition) is 0. The fourth-order valence-corrected chi connectivity index (χ4v) is 5.16. The number of aromatic nitrogens is 1. The Morgan fingerprint density at radius 2 is 2.03 bits per heavy atom. The Balaban J connectivity index is 1.51. The van der Waals surface area contributed by atoms with Crippen LogP contribution < -0.4 is 4.90 Å². The van der Waals surface area contributed by atoms with E-state index in [0.29, 0.717) is 41.5 Å². The number of fused-ring (bicyclic) bond motifs is 6. The highest BCUT2D eigenvalue weighted by Gasteiger charge is 2.63. The molecular weight excluding hydrogens is 394 g/mol. The van der Waals surface area contributed by atoms with E-state index >= 15 is 0 Å². The number of carbonyl (C=O) groups is 3. The second-order valence-electron chi connectivity index (χ2n) is 9.69. The van der Waals surface area contributed by atoms with E-state index in [1.54, 1.807) is 40.3 Å². The molecule has 2 aromatic rings. The number of benzene rings is 1. The summed E-state index contributed by atoms with van der Waals surface area (Å²) >= 11 is 0. The van der Waals surface area contributed by atoms with Gasteiger partial charge < -0.3 is 9.80 Å². The number of piperazine rings is 1. The quantitative estimate of drug-likeness (QED) is 0.700. The first-order chi connectivity index (χ1) is 14.7. The topological polar surface area (TPSA) is 97.6 Å². The first-order valence-corrected chi connectivity index (χ1v) is 10.4. The third-order valence-electron chi connectivity index (χ3n) is 6.37. The first kappa shape index (κ1) is 19.5. The van der Waals surface area contributed by atoms with Crippen LogP contribution in [0.4, 0.5) is 10.5 Å². The molecule has 0 aliphatic carbocycles. The van der Waals surface area contributed by atoms with E-state index in [0.717, 1.165) is 0 Å². The van der Waals surface area contributed by atoms with Gasteiger partial charge in [0, 0.05) is 24.5 Å². The molecule has 3 saturated heterocycles. The van der Waals surface area contributed by atoms with Crippen LogP contribution in [-0.2, 0) is 9.59 Å². The SMILES string of the molecule is CC(C)(C)CC(=O)N1C[C@H]2CC1[C@@H]1C(=O)N(c3ccc(C#N)c4ncccc34)C(=O)N21. The van der Waals surface area contributed by atoms with E-state index in [1.165, 1.54) is 4.90 Å². The molecule has 5 rings (SSSR count). The highest BCUT2D eigenvalue weighted by Crippen LogP contribution is 2.44. The molecule has 0 radical (unpaired) electrons. The number of carbonyl (C=O) groups excluding carboxylic acids is 3. The molecule has 2 bridgehead atoms. The van der Waals surface area contributed by atoms with E-state index in [-0.39, 0.29) is 35.3 Å². The number of imide groups is 1. The molecule has 4 amide bonds. The van der Waals surface area contributed by atoms with Crippen molar-refractivity contribution in [1.29, 1.82) is 5.26 Å². The van der Waals surface area contributed by atoms with Crippen LogP contribution in [0.2, 0.25) is 0 Å². The zero-order chi connectivity index (χ0) is 22.1. The van der Waals surface area contributed by atoms with Gasteiger partial charge in [-0.25, -0.2) is 9.69 Å². The molecule has 1 aromatic heterocycles. The highest BCUT2D eigenvalue weighted by molar-refractivity contribution is 6.25. The average molecular weight is 417 g/mol. The van der Waals surface area contributed by atoms with Crippen molar-refractivity contribution in [2.75, 3.05) is 11.4 Å². The van der Waals surface area contributed by atoms with Crippen molar-refractivity contribution in [1.82, 2.24) is 14.8 Å². The van der Waals surface area contributed by atoms with Crippen molar-refractivity contribution in [3.8, 4) is 6.07 Å². The maximum Gasteiger partial charge on any atom is 0.332 e. The minimum absolute atomic E-state index is 0.0337. The fraction of sp³-hybridized carbons (Fsp3) is 0.435. The van der Waals surface area contributed by atoms with E-state index in [4.69, 9.17) is 0 Å². The van der Waals surface area contributed by atoms with Gasteiger partial charge >= 0.3 is 6.03 Å². The molecule has 3 aliphatic rings. The molecule has 4 heterocycles. The zero-order valence-corrected chi connectivity index (χ0v) is 17.7. The molecule has 31 heavy (non-hydrogen) atoms. The molecule has 0 spiro atoms. The van der Waals surface area contributed by atoms with Crippen molar-refractivity contribution < 1.29 is 14.4 Å². The third-order valence-corrected chi connectivity index (χ3v) is 6.37. The van der Waals surface area contributed by atoms with Crippen molar-refractivity contribution in [3.63, 3.8) is 0 Å². The van der Waals surface area contributed by atoms with Gasteiger partial charge in [0.15, 0.2) is 0 Å². The van der Waals surface area contributed by atoms with Gasteiger partial charge in [0.2, 0.25) is 5.91 Å². The summed E-state index contributed by atoms with van der Waals surface area (Å²) < 4.78 is 0. The lowest BCUT2D eigenvalue weighted by Crippen LogP contribution is -2.55. The second-order valence-corrected chi connectivity index (χ2v) is 9.69. The van der Waals surface area contributed by atoms with Gasteiger partial charge in [-0.05, 0) is 36.1 Å². The van der Waals surface area contributed by atoms with Gasteiger partial charge in [0.05, 0.1) is 28.9 Å². The summed E-state index contributed by atoms with van der Waals surface area (Å²) in [5.41, 5.74) is 1.13. The predicted octanol–water partition coefficient (Wildman–Crippen LogP) is 2.66. The summed E-state index contributed by atoms with van der Waals surface area (Å²) in [6, 6.07) is 7.35. The summed E-state index contributed by atoms with van der Waals surface area (Å²) in [4.78, 5) is 48.6. The number of likely N-dealkylation sites (tertiary alicyclic amines) is 1. The van der Waals surface area contributed by atoms with E-state index in [9.17, 15) is 19.6 Å². The minimum atomic E-state index is -0.655. The molecule has 1 unspecified atom stereocenters. The standard InChI is InChI=1S/C23H23N5O3/c1-23(2,3)10-18(29)26-12-14-9-17(26)20-21(30)28(22(31)27(14)20)16-7-6-13(11-24)19-15(16)5-4-8-25-19/h4-8,14,17,20H,9-10,12H2,1-3H3/t14-,17?,20-/m1/s1. The first-order valence-electron chi connectivity index (χ1n) is 10.4. The van der Waals surface area contributed by atoms with Gasteiger partial charge in [-0.15, -0.1) is 0 Å². The van der Waals surface area contributed by atoms with Crippen molar-refractivity contribution >= 4 is 34.4 Å². The van der Waals surface area contributed by atoms with Crippen molar-refractivity contribution in [2.45, 2.75) is 51.7 Å². The third kappa shape index (κ3) is 2.80. The lowest BCUT2D eigenvalue weighted by molar-refractivity contribution is -0.137. The highest BCUT2D eigenvalue weighted by atomic mass is 16.2. The summed E-state index contributed by atoms with van der Waals surface area (Å²) in [6.45, 7) is 6.52. The van der Waals surface area contributed by atoms with Crippen LogP contribution in [0, 0.1) is 16.7 Å². The van der Waals surface area contributed by atoms with Gasteiger partial charge in [0.1, 0.15) is 12.1 Å². The van der Waals surface area contributed by atoms with E-state index in [1.807, 2.05) is 20.8 Å². The van der Waals surface area contributed by atoms with E-state index < -0.39 is 6.04 Å². The zero-order valence-electron chi connectivity index (χ0n) is 17.7. The molecule has 3 fully saturated rings. The van der Waals surface area contributed by atoms with E-state index in [2.05, 4.69) is 11.1 Å². The van der Waals surface area contributed by atoms with Gasteiger partial charge in [-0.2, -0.15) is 5.26 Å². The normalized spacial score (nSPS) is 24.8. The Kier molecular flexibility index (Phi) is 4.09. The van der Waals surface area contributed by atoms with Crippen LogP contribution >= 0.6 is 0 Å². The molecule has 1 aromatic carbocycles. The minimum Gasteiger partial charge on any atom is -0.335 e. The van der Waals surface area contributed by atoms with Crippen LogP contribution in [-0.4, -0.2) is 57.3 Å². The molecule has 8 nitrogen and oxygen atoms in total. The number of urea groups is 1. The maximum atomic E-state index is 13.5. The lowest BCUT2D eigenvalue weighted by Gasteiger charge is -2.36. The lowest BCUT2D eigenvalue weighted by atomic mass is 9.91. The molecule has 158 valence electrons.